The molecular formula is C37H43N9O5. The number of unbranched alkanes of at least 4 members (excludes halogenated alkanes) is 2. The Morgan fingerprint density at radius 3 is 2.65 bits per heavy atom. The number of likely N-dealkylation sites (tertiary alicyclic amines) is 1. The number of imidazole rings is 1. The summed E-state index contributed by atoms with van der Waals surface area (Å²) in [6.45, 7) is 7.58. The van der Waals surface area contributed by atoms with Gasteiger partial charge in [0.05, 0.1) is 41.0 Å². The first-order valence-electron chi connectivity index (χ1n) is 17.6. The summed E-state index contributed by atoms with van der Waals surface area (Å²) in [5.74, 6) is 6.59. The number of piperazine rings is 1. The molecule has 0 radical (unpaired) electrons. The molecule has 3 aliphatic heterocycles. The maximum Gasteiger partial charge on any atom is 0.410 e. The first kappa shape index (κ1) is 34.0. The third kappa shape index (κ3) is 7.24. The molecule has 14 nitrogen and oxygen atoms in total. The molecule has 1 aromatic carbocycles. The summed E-state index contributed by atoms with van der Waals surface area (Å²) in [6, 6.07) is 11.2. The number of carbonyl (C=O) groups excluding carboxylic acids is 3. The number of carbonyl (C=O) groups is 3. The smallest absolute Gasteiger partial charge is 0.410 e. The van der Waals surface area contributed by atoms with Gasteiger partial charge >= 0.3 is 11.8 Å². The number of pyridine rings is 1. The number of anilines is 1. The number of hydrogen-bond acceptors (Lipinski definition) is 9. The van der Waals surface area contributed by atoms with Gasteiger partial charge in [-0.1, -0.05) is 23.1 Å². The van der Waals surface area contributed by atoms with Crippen LogP contribution < -0.4 is 15.9 Å². The highest BCUT2D eigenvalue weighted by molar-refractivity contribution is 6.00. The molecule has 1 unspecified atom stereocenters. The number of piperidine rings is 1. The maximum atomic E-state index is 13.0. The van der Waals surface area contributed by atoms with Gasteiger partial charge in [0.1, 0.15) is 17.5 Å². The number of fused-ring (bicyclic) bond motifs is 3. The van der Waals surface area contributed by atoms with Gasteiger partial charge < -0.3 is 14.5 Å². The lowest BCUT2D eigenvalue weighted by atomic mass is 10.1. The topological polar surface area (TPSA) is 149 Å². The van der Waals surface area contributed by atoms with E-state index in [1.165, 1.54) is 9.13 Å². The van der Waals surface area contributed by atoms with Gasteiger partial charge in [-0.3, -0.25) is 24.0 Å². The number of nitrogens with one attached hydrogen (secondary N) is 1. The normalized spacial score (nSPS) is 20.1. The van der Waals surface area contributed by atoms with E-state index in [4.69, 9.17) is 9.72 Å². The lowest BCUT2D eigenvalue weighted by molar-refractivity contribution is -0.135. The van der Waals surface area contributed by atoms with Crippen LogP contribution in [0.4, 0.5) is 10.6 Å². The monoisotopic (exact) mass is 693 g/mol. The van der Waals surface area contributed by atoms with Crippen molar-refractivity contribution >= 4 is 34.8 Å². The van der Waals surface area contributed by atoms with Crippen LogP contribution >= 0.6 is 0 Å². The first-order valence-corrected chi connectivity index (χ1v) is 17.6. The van der Waals surface area contributed by atoms with E-state index in [9.17, 15) is 19.2 Å². The van der Waals surface area contributed by atoms with Crippen LogP contribution in [-0.2, 0) is 34.3 Å². The molecule has 1 N–H and O–H groups in total. The fourth-order valence-electron chi connectivity index (χ4n) is 7.26. The third-order valence-electron chi connectivity index (χ3n) is 9.69. The Kier molecular flexibility index (Phi) is 9.13. The molecule has 3 atom stereocenters. The molecule has 4 aromatic rings. The Labute approximate surface area is 295 Å². The molecule has 3 aromatic heterocycles. The number of ether oxygens (including phenoxy) is 1. The lowest BCUT2D eigenvalue weighted by Crippen LogP contribution is -2.50. The van der Waals surface area contributed by atoms with Gasteiger partial charge in [-0.2, -0.15) is 0 Å². The van der Waals surface area contributed by atoms with Crippen LogP contribution in [0.15, 0.2) is 47.4 Å². The molecule has 3 saturated heterocycles. The molecule has 266 valence electrons. The average molecular weight is 694 g/mol. The molecule has 51 heavy (non-hydrogen) atoms. The van der Waals surface area contributed by atoms with Crippen molar-refractivity contribution in [2.45, 2.75) is 96.0 Å². The van der Waals surface area contributed by atoms with Gasteiger partial charge in [-0.15, -0.1) is 5.10 Å². The van der Waals surface area contributed by atoms with E-state index in [1.54, 1.807) is 7.05 Å². The summed E-state index contributed by atoms with van der Waals surface area (Å²) < 4.78 is 10.4. The Morgan fingerprint density at radius 1 is 1.04 bits per heavy atom. The second-order valence-electron chi connectivity index (χ2n) is 14.6. The van der Waals surface area contributed by atoms with Crippen molar-refractivity contribution in [3.8, 4) is 11.8 Å². The fourth-order valence-corrected chi connectivity index (χ4v) is 7.26. The highest BCUT2D eigenvalue weighted by atomic mass is 16.6. The highest BCUT2D eigenvalue weighted by Crippen LogP contribution is 2.35. The van der Waals surface area contributed by atoms with E-state index in [1.807, 2.05) is 72.9 Å². The van der Waals surface area contributed by atoms with E-state index < -0.39 is 17.6 Å². The SMILES string of the molecule is Cn1c(=O)n(C2CCC(=O)NC2=O)c2ccc(C#CCCCCc3cn(Cc4cccc(N5C[C@H]6C[C@@H]5CN6C(=O)OC(C)(C)C)n4)nn3)cc21. The number of nitrogens with zero attached hydrogens (tertiary/aromatic N) is 8. The van der Waals surface area contributed by atoms with E-state index in [-0.39, 0.29) is 36.2 Å². The molecule has 6 heterocycles. The molecule has 0 spiro atoms. The van der Waals surface area contributed by atoms with E-state index in [2.05, 4.69) is 32.4 Å². The number of imide groups is 1. The number of hydrogen-bond donors (Lipinski definition) is 1. The molecule has 14 heteroatoms. The predicted octanol–water partition coefficient (Wildman–Crippen LogP) is 3.32. The van der Waals surface area contributed by atoms with Crippen LogP contribution in [0.3, 0.4) is 0 Å². The van der Waals surface area contributed by atoms with Crippen molar-refractivity contribution in [1.29, 1.82) is 0 Å². The zero-order valence-electron chi connectivity index (χ0n) is 29.5. The minimum absolute atomic E-state index is 0.132. The molecule has 3 aliphatic rings. The van der Waals surface area contributed by atoms with Crippen molar-refractivity contribution in [3.63, 3.8) is 0 Å². The van der Waals surface area contributed by atoms with E-state index in [0.717, 1.165) is 55.0 Å². The van der Waals surface area contributed by atoms with Crippen LogP contribution in [0.5, 0.6) is 0 Å². The average Bonchev–Trinajstić information content (AvgIpc) is 3.87. The number of aryl methyl sites for hydroxylation is 2. The van der Waals surface area contributed by atoms with Gasteiger partial charge in [-0.25, -0.2) is 19.3 Å². The van der Waals surface area contributed by atoms with Gasteiger partial charge in [-0.05, 0) is 83.2 Å². The Balaban J connectivity index is 0.886. The van der Waals surface area contributed by atoms with Gasteiger partial charge in [0.25, 0.3) is 0 Å². The quantitative estimate of drug-likeness (QED) is 0.167. The number of amides is 3. The number of aromatic nitrogens is 6. The van der Waals surface area contributed by atoms with Crippen molar-refractivity contribution in [1.82, 2.24) is 39.3 Å². The Hall–Kier alpha value is -5.45. The summed E-state index contributed by atoms with van der Waals surface area (Å²) in [5.41, 5.74) is 3.14. The number of rotatable bonds is 8. The van der Waals surface area contributed by atoms with Crippen LogP contribution in [0.2, 0.25) is 0 Å². The van der Waals surface area contributed by atoms with Crippen molar-refractivity contribution in [3.05, 3.63) is 70.0 Å². The Bertz CT molecular complexity index is 2110. The summed E-state index contributed by atoms with van der Waals surface area (Å²) in [4.78, 5) is 58.8. The minimum atomic E-state index is -0.711. The van der Waals surface area contributed by atoms with E-state index >= 15 is 0 Å². The molecule has 3 amide bonds. The number of benzene rings is 1. The molecule has 0 saturated carbocycles. The van der Waals surface area contributed by atoms with Crippen molar-refractivity contribution in [2.24, 2.45) is 7.05 Å². The summed E-state index contributed by atoms with van der Waals surface area (Å²) >= 11 is 0. The van der Waals surface area contributed by atoms with Gasteiger partial charge in [0.15, 0.2) is 0 Å². The zero-order chi connectivity index (χ0) is 35.9. The summed E-state index contributed by atoms with van der Waals surface area (Å²) in [6.07, 6.45) is 6.48. The molecule has 2 bridgehead atoms. The standard InChI is InChI=1S/C37H43N9O5/c1-37(2,3)51-36(50)45-23-27-19-28(45)22-44(27)32-13-9-12-25(38-32)20-43-21-26(40-41-43)11-8-6-5-7-10-24-14-15-29-31(18-24)42(4)35(49)46(29)30-16-17-33(47)39-34(30)48/h9,12-15,18,21,27-28,30H,5-6,8,11,16-17,19-20,22-23H2,1-4H3,(H,39,47,48)/t27-,28-,30?/m1/s1. The third-order valence-corrected chi connectivity index (χ3v) is 9.69. The largest absolute Gasteiger partial charge is 0.444 e. The maximum absolute atomic E-state index is 13.0. The van der Waals surface area contributed by atoms with Gasteiger partial charge in [0.2, 0.25) is 11.8 Å². The fraction of sp³-hybridized carbons (Fsp3) is 0.486. The Morgan fingerprint density at radius 2 is 1.88 bits per heavy atom. The highest BCUT2D eigenvalue weighted by Gasteiger charge is 2.47. The molecular weight excluding hydrogens is 650 g/mol. The van der Waals surface area contributed by atoms with Crippen LogP contribution in [0, 0.1) is 11.8 Å². The second kappa shape index (κ2) is 13.7. The predicted molar refractivity (Wildman–Crippen MR) is 189 cm³/mol. The van der Waals surface area contributed by atoms with Crippen LogP contribution in [0.1, 0.15) is 82.3 Å². The van der Waals surface area contributed by atoms with Gasteiger partial charge in [0, 0.05) is 44.7 Å². The molecule has 0 aliphatic carbocycles. The zero-order valence-corrected chi connectivity index (χ0v) is 29.5. The summed E-state index contributed by atoms with van der Waals surface area (Å²) in [7, 11) is 1.68. The molecule has 7 rings (SSSR count). The van der Waals surface area contributed by atoms with Crippen molar-refractivity contribution in [2.75, 3.05) is 18.0 Å². The second-order valence-corrected chi connectivity index (χ2v) is 14.6. The molecule has 3 fully saturated rings. The summed E-state index contributed by atoms with van der Waals surface area (Å²) in [5, 5.41) is 11.0. The van der Waals surface area contributed by atoms with Crippen LogP contribution in [-0.4, -0.2) is 82.7 Å². The minimum Gasteiger partial charge on any atom is -0.444 e. The van der Waals surface area contributed by atoms with Crippen LogP contribution in [0.25, 0.3) is 11.0 Å². The van der Waals surface area contributed by atoms with Crippen molar-refractivity contribution < 1.29 is 19.1 Å². The lowest BCUT2D eigenvalue weighted by Gasteiger charge is -2.35. The van der Waals surface area contributed by atoms with E-state index in [0.29, 0.717) is 37.0 Å². The first-order chi connectivity index (χ1) is 24.4.